The van der Waals surface area contributed by atoms with Gasteiger partial charge in [-0.3, -0.25) is 0 Å². The summed E-state index contributed by atoms with van der Waals surface area (Å²) in [7, 11) is 0. The molecule has 3 N–H and O–H groups in total. The Bertz CT molecular complexity index is 687. The Hall–Kier alpha value is -1.87. The fourth-order valence-corrected chi connectivity index (χ4v) is 3.04. The van der Waals surface area contributed by atoms with Crippen molar-refractivity contribution in [1.29, 1.82) is 0 Å². The molecule has 2 aromatic rings. The lowest BCUT2D eigenvalue weighted by molar-refractivity contribution is 0.224. The molecule has 0 saturated carbocycles. The van der Waals surface area contributed by atoms with Gasteiger partial charge in [-0.25, -0.2) is 4.39 Å². The normalized spacial score (nSPS) is 13.0. The van der Waals surface area contributed by atoms with Crippen molar-refractivity contribution < 1.29 is 14.2 Å². The van der Waals surface area contributed by atoms with Crippen molar-refractivity contribution in [3.05, 3.63) is 52.0 Å². The van der Waals surface area contributed by atoms with E-state index in [0.717, 1.165) is 16.2 Å². The number of halogens is 1. The predicted octanol–water partition coefficient (Wildman–Crippen LogP) is 3.73. The van der Waals surface area contributed by atoms with Gasteiger partial charge in [-0.15, -0.1) is 11.3 Å². The highest BCUT2D eigenvalue weighted by molar-refractivity contribution is 7.12. The lowest BCUT2D eigenvalue weighted by atomic mass is 10.0. The molecular weight excluding hydrogens is 325 g/mol. The molecule has 0 bridgehead atoms. The highest BCUT2D eigenvalue weighted by atomic mass is 32.1. The van der Waals surface area contributed by atoms with E-state index in [0.29, 0.717) is 18.8 Å². The van der Waals surface area contributed by atoms with Crippen LogP contribution in [-0.4, -0.2) is 18.3 Å². The van der Waals surface area contributed by atoms with Crippen LogP contribution in [0, 0.1) is 23.6 Å². The molecule has 0 aliphatic carbocycles. The average Bonchev–Trinajstić information content (AvgIpc) is 3.05. The molecule has 0 aliphatic rings. The van der Waals surface area contributed by atoms with Crippen LogP contribution in [0.15, 0.2) is 36.4 Å². The second-order valence-corrected chi connectivity index (χ2v) is 6.80. The number of aliphatic hydroxyl groups is 1. The summed E-state index contributed by atoms with van der Waals surface area (Å²) in [6.45, 7) is 2.60. The Morgan fingerprint density at radius 1 is 1.25 bits per heavy atom. The summed E-state index contributed by atoms with van der Waals surface area (Å²) < 4.78 is 18.3. The van der Waals surface area contributed by atoms with Gasteiger partial charge in [-0.05, 0) is 48.7 Å². The van der Waals surface area contributed by atoms with Crippen LogP contribution in [0.4, 0.5) is 4.39 Å². The molecule has 0 aliphatic heterocycles. The smallest absolute Gasteiger partial charge is 0.123 e. The van der Waals surface area contributed by atoms with Crippen molar-refractivity contribution in [3.8, 4) is 17.6 Å². The zero-order valence-corrected chi connectivity index (χ0v) is 14.5. The van der Waals surface area contributed by atoms with Gasteiger partial charge in [-0.2, -0.15) is 0 Å². The quantitative estimate of drug-likeness (QED) is 0.593. The van der Waals surface area contributed by atoms with Gasteiger partial charge in [0.15, 0.2) is 0 Å². The first-order chi connectivity index (χ1) is 11.6. The molecule has 1 aromatic carbocycles. The lowest BCUT2D eigenvalue weighted by Crippen LogP contribution is -2.14. The molecule has 1 unspecified atom stereocenters. The van der Waals surface area contributed by atoms with Crippen molar-refractivity contribution in [2.75, 3.05) is 13.2 Å². The maximum absolute atomic E-state index is 12.8. The summed E-state index contributed by atoms with van der Waals surface area (Å²) in [5.74, 6) is 6.73. The molecule has 1 heterocycles. The Morgan fingerprint density at radius 3 is 2.71 bits per heavy atom. The lowest BCUT2D eigenvalue weighted by Gasteiger charge is -2.13. The second-order valence-electron chi connectivity index (χ2n) is 5.69. The molecule has 2 rings (SSSR count). The SMILES string of the molecule is C[C@@H](CO)CC(N)c1ccc(C#CCCOc2ccc(F)cc2)s1. The molecule has 128 valence electrons. The topological polar surface area (TPSA) is 55.5 Å². The molecule has 3 nitrogen and oxygen atoms in total. The Balaban J connectivity index is 1.78. The summed E-state index contributed by atoms with van der Waals surface area (Å²) in [6.07, 6.45) is 1.35. The van der Waals surface area contributed by atoms with Crippen molar-refractivity contribution in [3.63, 3.8) is 0 Å². The maximum atomic E-state index is 12.8. The number of thiophene rings is 1. The zero-order chi connectivity index (χ0) is 17.4. The Labute approximate surface area is 146 Å². The van der Waals surface area contributed by atoms with Gasteiger partial charge in [0.2, 0.25) is 0 Å². The fourth-order valence-electron chi connectivity index (χ4n) is 2.14. The zero-order valence-electron chi connectivity index (χ0n) is 13.7. The number of hydrogen-bond acceptors (Lipinski definition) is 4. The molecule has 2 atom stereocenters. The third-order valence-corrected chi connectivity index (χ3v) is 4.61. The molecule has 0 radical (unpaired) electrons. The third-order valence-electron chi connectivity index (χ3n) is 3.48. The van der Waals surface area contributed by atoms with Crippen LogP contribution in [-0.2, 0) is 0 Å². The summed E-state index contributed by atoms with van der Waals surface area (Å²) in [5, 5.41) is 9.09. The highest BCUT2D eigenvalue weighted by Gasteiger charge is 2.12. The number of ether oxygens (including phenoxy) is 1. The van der Waals surface area contributed by atoms with Crippen molar-refractivity contribution in [2.45, 2.75) is 25.8 Å². The van der Waals surface area contributed by atoms with E-state index in [1.807, 2.05) is 19.1 Å². The number of nitrogens with two attached hydrogens (primary N) is 1. The molecule has 0 amide bonds. The largest absolute Gasteiger partial charge is 0.493 e. The van der Waals surface area contributed by atoms with E-state index in [9.17, 15) is 4.39 Å². The van der Waals surface area contributed by atoms with Gasteiger partial charge in [0.25, 0.3) is 0 Å². The molecule has 0 fully saturated rings. The van der Waals surface area contributed by atoms with E-state index in [4.69, 9.17) is 15.6 Å². The monoisotopic (exact) mass is 347 g/mol. The van der Waals surface area contributed by atoms with E-state index in [1.165, 1.54) is 12.1 Å². The van der Waals surface area contributed by atoms with E-state index in [2.05, 4.69) is 11.8 Å². The standard InChI is InChI=1S/C19H22FNO2S/c1-14(13-22)12-18(21)19-10-9-17(24-19)4-2-3-11-23-16-7-5-15(20)6-8-16/h5-10,14,18,22H,3,11-13,21H2,1H3/t14-,18?/m1/s1. The molecule has 0 spiro atoms. The van der Waals surface area contributed by atoms with E-state index >= 15 is 0 Å². The number of aliphatic hydroxyl groups excluding tert-OH is 1. The average molecular weight is 347 g/mol. The van der Waals surface area contributed by atoms with Crippen LogP contribution in [0.3, 0.4) is 0 Å². The van der Waals surface area contributed by atoms with Gasteiger partial charge in [0, 0.05) is 23.9 Å². The fraction of sp³-hybridized carbons (Fsp3) is 0.368. The molecule has 24 heavy (non-hydrogen) atoms. The van der Waals surface area contributed by atoms with Crippen LogP contribution in [0.2, 0.25) is 0 Å². The third kappa shape index (κ3) is 5.97. The molecular formula is C19H22FNO2S. The number of hydrogen-bond donors (Lipinski definition) is 2. The van der Waals surface area contributed by atoms with E-state index in [1.54, 1.807) is 23.5 Å². The summed E-state index contributed by atoms with van der Waals surface area (Å²) in [4.78, 5) is 2.06. The molecule has 5 heteroatoms. The highest BCUT2D eigenvalue weighted by Crippen LogP contribution is 2.25. The van der Waals surface area contributed by atoms with Crippen LogP contribution in [0.5, 0.6) is 5.75 Å². The van der Waals surface area contributed by atoms with Crippen LogP contribution < -0.4 is 10.5 Å². The van der Waals surface area contributed by atoms with Crippen molar-refractivity contribution in [1.82, 2.24) is 0 Å². The minimum Gasteiger partial charge on any atom is -0.493 e. The first-order valence-corrected chi connectivity index (χ1v) is 8.73. The van der Waals surface area contributed by atoms with Crippen LogP contribution in [0.25, 0.3) is 0 Å². The summed E-state index contributed by atoms with van der Waals surface area (Å²) in [5.41, 5.74) is 6.14. The second kappa shape index (κ2) is 9.43. The van der Waals surface area contributed by atoms with E-state index in [-0.39, 0.29) is 24.4 Å². The van der Waals surface area contributed by atoms with E-state index < -0.39 is 0 Å². The van der Waals surface area contributed by atoms with Crippen LogP contribution in [0.1, 0.15) is 35.6 Å². The summed E-state index contributed by atoms with van der Waals surface area (Å²) >= 11 is 1.59. The molecule has 0 saturated heterocycles. The van der Waals surface area contributed by atoms with Crippen molar-refractivity contribution in [2.24, 2.45) is 11.7 Å². The first kappa shape index (κ1) is 18.5. The van der Waals surface area contributed by atoms with Gasteiger partial charge in [0.1, 0.15) is 11.6 Å². The van der Waals surface area contributed by atoms with Gasteiger partial charge in [-0.1, -0.05) is 18.8 Å². The maximum Gasteiger partial charge on any atom is 0.123 e. The number of benzene rings is 1. The first-order valence-electron chi connectivity index (χ1n) is 7.92. The number of rotatable bonds is 7. The minimum absolute atomic E-state index is 0.0606. The molecule has 1 aromatic heterocycles. The Morgan fingerprint density at radius 2 is 2.00 bits per heavy atom. The Kier molecular flexibility index (Phi) is 7.26. The summed E-state index contributed by atoms with van der Waals surface area (Å²) in [6, 6.07) is 9.85. The van der Waals surface area contributed by atoms with Gasteiger partial charge in [0.05, 0.1) is 11.5 Å². The minimum atomic E-state index is -0.276. The van der Waals surface area contributed by atoms with Crippen LogP contribution >= 0.6 is 11.3 Å². The van der Waals surface area contributed by atoms with Gasteiger partial charge >= 0.3 is 0 Å². The van der Waals surface area contributed by atoms with Crippen molar-refractivity contribution >= 4 is 11.3 Å². The predicted molar refractivity (Wildman–Crippen MR) is 95.5 cm³/mol. The van der Waals surface area contributed by atoms with Gasteiger partial charge < -0.3 is 15.6 Å².